The Morgan fingerprint density at radius 1 is 1.27 bits per heavy atom. The Balaban J connectivity index is 1.36. The molecule has 2 atom stereocenters. The maximum absolute atomic E-state index is 12.4. The van der Waals surface area contributed by atoms with Gasteiger partial charge >= 0.3 is 0 Å². The van der Waals surface area contributed by atoms with Crippen molar-refractivity contribution in [2.45, 2.75) is 69.6 Å². The fourth-order valence-electron chi connectivity index (χ4n) is 4.95. The van der Waals surface area contributed by atoms with Crippen molar-refractivity contribution < 1.29 is 9.90 Å². The minimum Gasteiger partial charge on any atom is -0.388 e. The average molecular weight is 359 g/mol. The van der Waals surface area contributed by atoms with Crippen LogP contribution in [0.1, 0.15) is 67.4 Å². The Kier molecular flexibility index (Phi) is 4.88. The van der Waals surface area contributed by atoms with Crippen molar-refractivity contribution >= 4 is 5.91 Å². The summed E-state index contributed by atoms with van der Waals surface area (Å²) >= 11 is 0. The topological polar surface area (TPSA) is 85.4 Å². The number of rotatable bonds is 5. The van der Waals surface area contributed by atoms with E-state index in [2.05, 4.69) is 15.2 Å². The molecule has 6 heteroatoms. The highest BCUT2D eigenvalue weighted by atomic mass is 16.3. The number of amides is 1. The summed E-state index contributed by atoms with van der Waals surface area (Å²) in [5.74, 6) is 0.416. The summed E-state index contributed by atoms with van der Waals surface area (Å²) in [4.78, 5) is 30.0. The molecule has 0 spiro atoms. The molecule has 6 nitrogen and oxygen atoms in total. The van der Waals surface area contributed by atoms with E-state index < -0.39 is 11.5 Å². The second-order valence-corrected chi connectivity index (χ2v) is 8.46. The van der Waals surface area contributed by atoms with Crippen molar-refractivity contribution in [1.82, 2.24) is 15.2 Å². The summed E-state index contributed by atoms with van der Waals surface area (Å²) in [6.45, 7) is 2.08. The predicted molar refractivity (Wildman–Crippen MR) is 99.0 cm³/mol. The number of nitrogens with zero attached hydrogens (tertiary/aromatic N) is 1. The Labute approximate surface area is 154 Å². The molecular weight excluding hydrogens is 330 g/mol. The highest BCUT2D eigenvalue weighted by Crippen LogP contribution is 2.37. The third-order valence-electron chi connectivity index (χ3n) is 6.47. The first-order valence-corrected chi connectivity index (χ1v) is 9.99. The predicted octanol–water partition coefficient (Wildman–Crippen LogP) is 1.78. The lowest BCUT2D eigenvalue weighted by Gasteiger charge is -2.32. The summed E-state index contributed by atoms with van der Waals surface area (Å²) in [6.07, 6.45) is 8.41. The maximum atomic E-state index is 12.4. The van der Waals surface area contributed by atoms with E-state index in [4.69, 9.17) is 0 Å². The molecule has 3 N–H and O–H groups in total. The van der Waals surface area contributed by atoms with Crippen LogP contribution in [-0.2, 0) is 6.54 Å². The number of H-pyrrole nitrogens is 1. The van der Waals surface area contributed by atoms with Gasteiger partial charge < -0.3 is 15.4 Å². The lowest BCUT2D eigenvalue weighted by Crippen LogP contribution is -2.45. The molecule has 0 radical (unpaired) electrons. The molecule has 1 amide bonds. The second kappa shape index (κ2) is 7.16. The van der Waals surface area contributed by atoms with Gasteiger partial charge in [0.25, 0.3) is 11.5 Å². The third-order valence-corrected chi connectivity index (χ3v) is 6.47. The first kappa shape index (κ1) is 17.7. The molecule has 26 heavy (non-hydrogen) atoms. The fraction of sp³-hybridized carbons (Fsp3) is 0.700. The highest BCUT2D eigenvalue weighted by Gasteiger charge is 2.37. The number of nitrogens with one attached hydrogen (secondary N) is 2. The van der Waals surface area contributed by atoms with E-state index in [9.17, 15) is 14.7 Å². The zero-order valence-electron chi connectivity index (χ0n) is 15.3. The van der Waals surface area contributed by atoms with Crippen LogP contribution in [0.25, 0.3) is 0 Å². The molecule has 4 rings (SSSR count). The van der Waals surface area contributed by atoms with Crippen LogP contribution in [0.4, 0.5) is 0 Å². The van der Waals surface area contributed by atoms with Crippen molar-refractivity contribution in [1.29, 1.82) is 0 Å². The third kappa shape index (κ3) is 3.71. The molecule has 2 aliphatic carbocycles. The zero-order chi connectivity index (χ0) is 18.1. The van der Waals surface area contributed by atoms with Crippen molar-refractivity contribution in [3.63, 3.8) is 0 Å². The molecule has 2 bridgehead atoms. The van der Waals surface area contributed by atoms with Gasteiger partial charge in [-0.15, -0.1) is 0 Å². The van der Waals surface area contributed by atoms with Gasteiger partial charge in [0.1, 0.15) is 5.56 Å². The van der Waals surface area contributed by atoms with Crippen LogP contribution in [0.2, 0.25) is 0 Å². The Bertz CT molecular complexity index is 723. The van der Waals surface area contributed by atoms with E-state index in [0.29, 0.717) is 18.9 Å². The molecule has 3 aliphatic rings. The summed E-state index contributed by atoms with van der Waals surface area (Å²) in [5.41, 5.74) is -0.184. The van der Waals surface area contributed by atoms with Crippen LogP contribution in [-0.4, -0.2) is 45.6 Å². The summed E-state index contributed by atoms with van der Waals surface area (Å²) < 4.78 is 0. The molecular formula is C20H29N3O3. The number of aromatic nitrogens is 1. The summed E-state index contributed by atoms with van der Waals surface area (Å²) in [6, 6.07) is 4.11. The molecule has 1 aromatic heterocycles. The smallest absolute Gasteiger partial charge is 0.261 e. The van der Waals surface area contributed by atoms with Crippen molar-refractivity contribution in [2.24, 2.45) is 5.92 Å². The van der Waals surface area contributed by atoms with Gasteiger partial charge in [0.15, 0.2) is 0 Å². The number of aromatic amines is 1. The standard InChI is InChI=1S/C20H29N3O3/c24-18(21-13-20(26)8-2-1-3-9-20)17-7-5-15(22-19(17)25)12-23-11-14-4-6-16(23)10-14/h5,7,14,16,26H,1-4,6,8-13H2,(H,21,24)(H,22,25). The van der Waals surface area contributed by atoms with Gasteiger partial charge in [-0.3, -0.25) is 14.5 Å². The second-order valence-electron chi connectivity index (χ2n) is 8.46. The molecule has 1 aliphatic heterocycles. The number of aliphatic hydroxyl groups is 1. The summed E-state index contributed by atoms with van der Waals surface area (Å²) in [5, 5.41) is 13.2. The van der Waals surface area contributed by atoms with E-state index in [1.807, 2.05) is 6.07 Å². The van der Waals surface area contributed by atoms with Gasteiger partial charge in [-0.05, 0) is 50.2 Å². The van der Waals surface area contributed by atoms with Crippen LogP contribution in [0.5, 0.6) is 0 Å². The maximum Gasteiger partial charge on any atom is 0.261 e. The lowest BCUT2D eigenvalue weighted by atomic mass is 9.85. The first-order chi connectivity index (χ1) is 12.5. The van der Waals surface area contributed by atoms with Crippen molar-refractivity contribution in [3.05, 3.63) is 33.7 Å². The average Bonchev–Trinajstić information content (AvgIpc) is 3.24. The number of likely N-dealkylation sites (tertiary alicyclic amines) is 1. The van der Waals surface area contributed by atoms with Crippen LogP contribution >= 0.6 is 0 Å². The van der Waals surface area contributed by atoms with Gasteiger partial charge in [0.05, 0.1) is 5.60 Å². The van der Waals surface area contributed by atoms with E-state index in [-0.39, 0.29) is 17.7 Å². The largest absolute Gasteiger partial charge is 0.388 e. The molecule has 142 valence electrons. The van der Waals surface area contributed by atoms with Gasteiger partial charge in [0, 0.05) is 31.4 Å². The lowest BCUT2D eigenvalue weighted by molar-refractivity contribution is 0.00524. The normalized spacial score (nSPS) is 27.6. The minimum atomic E-state index is -0.824. The molecule has 2 unspecified atom stereocenters. The minimum absolute atomic E-state index is 0.121. The molecule has 1 aromatic rings. The fourth-order valence-corrected chi connectivity index (χ4v) is 4.95. The Hall–Kier alpha value is -1.66. The molecule has 2 heterocycles. The zero-order valence-corrected chi connectivity index (χ0v) is 15.3. The van der Waals surface area contributed by atoms with Gasteiger partial charge in [-0.1, -0.05) is 19.3 Å². The molecule has 1 saturated heterocycles. The Morgan fingerprint density at radius 2 is 2.08 bits per heavy atom. The number of carbonyl (C=O) groups excluding carboxylic acids is 1. The quantitative estimate of drug-likeness (QED) is 0.748. The SMILES string of the molecule is O=C(NCC1(O)CCCCC1)c1ccc(CN2CC3CCC2C3)[nH]c1=O. The number of fused-ring (bicyclic) bond motifs is 2. The number of carbonyl (C=O) groups is 1. The molecule has 3 fully saturated rings. The van der Waals surface area contributed by atoms with E-state index in [1.165, 1.54) is 19.3 Å². The van der Waals surface area contributed by atoms with Crippen LogP contribution in [0.15, 0.2) is 16.9 Å². The number of piperidine rings is 1. The number of hydrogen-bond donors (Lipinski definition) is 3. The molecule has 0 aromatic carbocycles. The summed E-state index contributed by atoms with van der Waals surface area (Å²) in [7, 11) is 0. The first-order valence-electron chi connectivity index (χ1n) is 9.99. The van der Waals surface area contributed by atoms with Crippen molar-refractivity contribution in [3.8, 4) is 0 Å². The van der Waals surface area contributed by atoms with E-state index >= 15 is 0 Å². The van der Waals surface area contributed by atoms with Gasteiger partial charge in [0.2, 0.25) is 0 Å². The van der Waals surface area contributed by atoms with Crippen LogP contribution < -0.4 is 10.9 Å². The van der Waals surface area contributed by atoms with Crippen LogP contribution in [0, 0.1) is 5.92 Å². The van der Waals surface area contributed by atoms with Gasteiger partial charge in [-0.25, -0.2) is 0 Å². The monoisotopic (exact) mass is 359 g/mol. The van der Waals surface area contributed by atoms with E-state index in [0.717, 1.165) is 44.0 Å². The number of hydrogen-bond acceptors (Lipinski definition) is 4. The number of pyridine rings is 1. The molecule has 2 saturated carbocycles. The van der Waals surface area contributed by atoms with E-state index in [1.54, 1.807) is 6.07 Å². The van der Waals surface area contributed by atoms with Crippen LogP contribution in [0.3, 0.4) is 0 Å². The highest BCUT2D eigenvalue weighted by molar-refractivity contribution is 5.93. The van der Waals surface area contributed by atoms with Gasteiger partial charge in [-0.2, -0.15) is 0 Å². The van der Waals surface area contributed by atoms with Crippen molar-refractivity contribution in [2.75, 3.05) is 13.1 Å². The Morgan fingerprint density at radius 3 is 2.73 bits per heavy atom.